The van der Waals surface area contributed by atoms with Crippen molar-refractivity contribution in [3.63, 3.8) is 0 Å². The predicted octanol–water partition coefficient (Wildman–Crippen LogP) is 2.77. The summed E-state index contributed by atoms with van der Waals surface area (Å²) < 4.78 is 26.0. The Morgan fingerprint density at radius 3 is 2.76 bits per heavy atom. The summed E-state index contributed by atoms with van der Waals surface area (Å²) in [6.45, 7) is 3.53. The summed E-state index contributed by atoms with van der Waals surface area (Å²) in [7, 11) is 2.05. The third-order valence-corrected chi connectivity index (χ3v) is 7.01. The van der Waals surface area contributed by atoms with Crippen LogP contribution in [0.4, 0.5) is 10.2 Å². The maximum atomic E-state index is 14.2. The van der Waals surface area contributed by atoms with Crippen LogP contribution in [0.5, 0.6) is 5.75 Å². The number of piperazine rings is 1. The number of ether oxygens (including phenoxy) is 1. The quantitative estimate of drug-likeness (QED) is 0.216. The van der Waals surface area contributed by atoms with Crippen LogP contribution in [0.25, 0.3) is 5.82 Å². The maximum Gasteiger partial charge on any atom is 0.293 e. The van der Waals surface area contributed by atoms with E-state index in [1.165, 1.54) is 23.0 Å². The van der Waals surface area contributed by atoms with Crippen LogP contribution in [-0.2, 0) is 13.2 Å². The van der Waals surface area contributed by atoms with Gasteiger partial charge in [0.05, 0.1) is 16.9 Å². The smallest absolute Gasteiger partial charge is 0.293 e. The van der Waals surface area contributed by atoms with Crippen LogP contribution in [0, 0.1) is 5.82 Å². The number of rotatable bonds is 9. The minimum atomic E-state index is -0.616. The molecule has 41 heavy (non-hydrogen) atoms. The second-order valence-electron chi connectivity index (χ2n) is 9.22. The Balaban J connectivity index is 1.34. The van der Waals surface area contributed by atoms with Crippen LogP contribution in [0.15, 0.2) is 46.1 Å². The molecular formula is C25H25Cl2FN10O3. The zero-order valence-corrected chi connectivity index (χ0v) is 23.3. The highest BCUT2D eigenvalue weighted by Crippen LogP contribution is 2.25. The van der Waals surface area contributed by atoms with Gasteiger partial charge in [-0.2, -0.15) is 9.78 Å². The Hall–Kier alpha value is -4.11. The number of halogens is 3. The molecule has 16 heteroatoms. The van der Waals surface area contributed by atoms with Crippen molar-refractivity contribution in [3.8, 4) is 11.6 Å². The first-order valence-corrected chi connectivity index (χ1v) is 13.2. The molecule has 1 amide bonds. The van der Waals surface area contributed by atoms with Gasteiger partial charge in [-0.3, -0.25) is 9.69 Å². The number of aromatic nitrogens is 5. The van der Waals surface area contributed by atoms with E-state index < -0.39 is 11.7 Å². The molecule has 1 saturated heterocycles. The number of hydrazone groups is 1. The molecule has 0 aliphatic carbocycles. The van der Waals surface area contributed by atoms with Crippen molar-refractivity contribution in [2.45, 2.75) is 13.2 Å². The second-order valence-corrected chi connectivity index (χ2v) is 10.1. The van der Waals surface area contributed by atoms with Gasteiger partial charge in [0.1, 0.15) is 18.2 Å². The van der Waals surface area contributed by atoms with E-state index >= 15 is 0 Å². The number of nitrogens with zero attached hydrogens (tertiary/aromatic N) is 8. The highest BCUT2D eigenvalue weighted by Gasteiger charge is 2.26. The predicted molar refractivity (Wildman–Crippen MR) is 149 cm³/mol. The normalized spacial score (nSPS) is 14.5. The summed E-state index contributed by atoms with van der Waals surface area (Å²) >= 11 is 12.3. The van der Waals surface area contributed by atoms with Crippen molar-refractivity contribution in [1.82, 2.24) is 40.5 Å². The Morgan fingerprint density at radius 2 is 2.02 bits per heavy atom. The number of nitrogen functional groups attached to an aromatic ring is 1. The van der Waals surface area contributed by atoms with Gasteiger partial charge in [-0.1, -0.05) is 34.5 Å². The fourth-order valence-electron chi connectivity index (χ4n) is 4.13. The molecule has 3 N–H and O–H groups in total. The van der Waals surface area contributed by atoms with Crippen LogP contribution >= 0.6 is 23.2 Å². The number of amides is 1. The highest BCUT2D eigenvalue weighted by atomic mass is 35.5. The maximum absolute atomic E-state index is 14.2. The van der Waals surface area contributed by atoms with Crippen LogP contribution in [-0.4, -0.2) is 80.5 Å². The molecule has 2 aromatic carbocycles. The molecule has 5 rings (SSSR count). The van der Waals surface area contributed by atoms with Crippen LogP contribution in [0.1, 0.15) is 27.3 Å². The Labute approximate surface area is 243 Å². The molecule has 1 fully saturated rings. The summed E-state index contributed by atoms with van der Waals surface area (Å²) in [6, 6.07) is 9.19. The number of hydrogen-bond acceptors (Lipinski definition) is 11. The Kier molecular flexibility index (Phi) is 8.73. The number of anilines is 1. The van der Waals surface area contributed by atoms with Gasteiger partial charge in [0.25, 0.3) is 5.91 Å². The monoisotopic (exact) mass is 602 g/mol. The largest absolute Gasteiger partial charge is 0.488 e. The first-order valence-electron chi connectivity index (χ1n) is 12.4. The minimum Gasteiger partial charge on any atom is -0.488 e. The lowest BCUT2D eigenvalue weighted by Crippen LogP contribution is -2.44. The molecule has 0 bridgehead atoms. The van der Waals surface area contributed by atoms with Crippen molar-refractivity contribution in [2.75, 3.05) is 39.0 Å². The minimum absolute atomic E-state index is 0.00432. The van der Waals surface area contributed by atoms with E-state index in [0.717, 1.165) is 26.2 Å². The Morgan fingerprint density at radius 1 is 1.22 bits per heavy atom. The molecule has 2 aromatic heterocycles. The standard InChI is InChI=1S/C25H25Cl2FN10O3/c1-36-7-9-37(10-8-36)13-20-22(31-35-38(20)24-23(29)33-41-34-24)25(39)32-30-12-15-11-16(26)5-6-21(15)40-14-17-18(27)3-2-4-19(17)28/h2-6,11-12H,7-10,13-14H2,1H3,(H2,29,33)(H,32,39)/b30-12-. The summed E-state index contributed by atoms with van der Waals surface area (Å²) in [5, 5.41) is 20.2. The van der Waals surface area contributed by atoms with E-state index in [9.17, 15) is 9.18 Å². The molecule has 0 spiro atoms. The zero-order valence-electron chi connectivity index (χ0n) is 21.8. The number of likely N-dealkylation sites (N-methyl/N-ethyl adjacent to an activating group) is 1. The summed E-state index contributed by atoms with van der Waals surface area (Å²) in [5.74, 6) is -0.626. The number of benzene rings is 2. The van der Waals surface area contributed by atoms with E-state index in [1.54, 1.807) is 24.3 Å². The lowest BCUT2D eigenvalue weighted by Gasteiger charge is -2.32. The molecule has 1 aliphatic heterocycles. The van der Waals surface area contributed by atoms with Gasteiger partial charge in [-0.05, 0) is 47.7 Å². The van der Waals surface area contributed by atoms with Gasteiger partial charge in [-0.15, -0.1) is 5.10 Å². The van der Waals surface area contributed by atoms with Crippen molar-refractivity contribution in [2.24, 2.45) is 5.10 Å². The van der Waals surface area contributed by atoms with E-state index in [4.69, 9.17) is 38.3 Å². The lowest BCUT2D eigenvalue weighted by atomic mass is 10.2. The van der Waals surface area contributed by atoms with Gasteiger partial charge in [0, 0.05) is 48.9 Å². The SMILES string of the molecule is CN1CCN(Cc2c(C(=O)N/N=C\c3cc(Cl)ccc3OCc3c(F)cccc3Cl)nnn2-c2nonc2N)CC1. The molecular weight excluding hydrogens is 578 g/mol. The molecule has 3 heterocycles. The van der Waals surface area contributed by atoms with Crippen molar-refractivity contribution >= 4 is 41.1 Å². The third kappa shape index (κ3) is 6.62. The molecule has 4 aromatic rings. The van der Waals surface area contributed by atoms with Crippen molar-refractivity contribution in [3.05, 3.63) is 74.8 Å². The number of carbonyl (C=O) groups is 1. The summed E-state index contributed by atoms with van der Waals surface area (Å²) in [6.07, 6.45) is 1.35. The average molecular weight is 603 g/mol. The first-order chi connectivity index (χ1) is 19.8. The van der Waals surface area contributed by atoms with Gasteiger partial charge < -0.3 is 15.4 Å². The highest BCUT2D eigenvalue weighted by molar-refractivity contribution is 6.31. The fraction of sp³-hybridized carbons (Fsp3) is 0.280. The lowest BCUT2D eigenvalue weighted by molar-refractivity contribution is 0.0946. The number of hydrogen-bond donors (Lipinski definition) is 2. The molecule has 13 nitrogen and oxygen atoms in total. The molecule has 214 valence electrons. The third-order valence-electron chi connectivity index (χ3n) is 6.42. The molecule has 1 aliphatic rings. The van der Waals surface area contributed by atoms with Gasteiger partial charge in [0.15, 0.2) is 5.69 Å². The average Bonchev–Trinajstić information content (AvgIpc) is 3.56. The first kappa shape index (κ1) is 28.4. The van der Waals surface area contributed by atoms with Crippen molar-refractivity contribution < 1.29 is 18.6 Å². The van der Waals surface area contributed by atoms with Crippen LogP contribution in [0.2, 0.25) is 10.0 Å². The Bertz CT molecular complexity index is 1550. The van der Waals surface area contributed by atoms with Crippen molar-refractivity contribution in [1.29, 1.82) is 0 Å². The summed E-state index contributed by atoms with van der Waals surface area (Å²) in [5.41, 5.74) is 9.45. The van der Waals surface area contributed by atoms with Gasteiger partial charge >= 0.3 is 0 Å². The van der Waals surface area contributed by atoms with Gasteiger partial charge in [-0.25, -0.2) is 14.4 Å². The van der Waals surface area contributed by atoms with E-state index in [0.29, 0.717) is 28.6 Å². The molecule has 0 saturated carbocycles. The second kappa shape index (κ2) is 12.6. The number of nitrogens with two attached hydrogens (primary N) is 1. The fourth-order valence-corrected chi connectivity index (χ4v) is 4.53. The zero-order chi connectivity index (χ0) is 28.9. The van der Waals surface area contributed by atoms with E-state index in [1.807, 2.05) is 7.05 Å². The van der Waals surface area contributed by atoms with Crippen LogP contribution in [0.3, 0.4) is 0 Å². The van der Waals surface area contributed by atoms with E-state index in [2.05, 4.69) is 41.0 Å². The molecule has 0 radical (unpaired) electrons. The van der Waals surface area contributed by atoms with Crippen LogP contribution < -0.4 is 15.9 Å². The van der Waals surface area contributed by atoms with E-state index in [-0.39, 0.29) is 34.5 Å². The molecule has 0 unspecified atom stereocenters. The number of carbonyl (C=O) groups excluding carboxylic acids is 1. The number of nitrogens with one attached hydrogen (secondary N) is 1. The molecule has 0 atom stereocenters. The van der Waals surface area contributed by atoms with Gasteiger partial charge in [0.2, 0.25) is 11.6 Å². The summed E-state index contributed by atoms with van der Waals surface area (Å²) in [4.78, 5) is 17.6. The topological polar surface area (TPSA) is 153 Å².